The van der Waals surface area contributed by atoms with E-state index < -0.39 is 11.9 Å². The van der Waals surface area contributed by atoms with Crippen molar-refractivity contribution in [1.82, 2.24) is 5.32 Å². The molecule has 0 saturated carbocycles. The zero-order valence-electron chi connectivity index (χ0n) is 17.2. The molecule has 31 heavy (non-hydrogen) atoms. The second kappa shape index (κ2) is 9.36. The molecule has 1 N–H and O–H groups in total. The van der Waals surface area contributed by atoms with Gasteiger partial charge in [0.2, 0.25) is 0 Å². The van der Waals surface area contributed by atoms with Gasteiger partial charge in [-0.25, -0.2) is 9.18 Å². The summed E-state index contributed by atoms with van der Waals surface area (Å²) in [6.07, 6.45) is -0.0446. The monoisotopic (exact) mass is 415 g/mol. The van der Waals surface area contributed by atoms with Crippen molar-refractivity contribution in [3.05, 3.63) is 89.2 Å². The lowest BCUT2D eigenvalue weighted by molar-refractivity contribution is 0.143. The number of benzene rings is 3. The highest BCUT2D eigenvalue weighted by Crippen LogP contribution is 2.44. The predicted octanol–water partition coefficient (Wildman–Crippen LogP) is 5.11. The predicted molar refractivity (Wildman–Crippen MR) is 118 cm³/mol. The molecule has 0 heterocycles. The number of fused-ring (bicyclic) bond motifs is 3. The van der Waals surface area contributed by atoms with Crippen molar-refractivity contribution in [1.29, 1.82) is 0 Å². The molecule has 4 nitrogen and oxygen atoms in total. The minimum absolute atomic E-state index is 0.0305. The fraction of sp³-hybridized carbons (Fsp3) is 0.192. The Bertz CT molecular complexity index is 1120. The highest BCUT2D eigenvalue weighted by Gasteiger charge is 2.28. The molecule has 1 aliphatic rings. The van der Waals surface area contributed by atoms with E-state index in [-0.39, 0.29) is 18.3 Å². The molecule has 0 fully saturated rings. The molecule has 0 bridgehead atoms. The average molecular weight is 415 g/mol. The minimum atomic E-state index is -0.473. The van der Waals surface area contributed by atoms with E-state index >= 15 is 0 Å². The zero-order valence-corrected chi connectivity index (χ0v) is 17.2. The Labute approximate surface area is 181 Å². The first-order valence-corrected chi connectivity index (χ1v) is 10.1. The molecule has 3 aromatic carbocycles. The summed E-state index contributed by atoms with van der Waals surface area (Å²) < 4.78 is 24.0. The van der Waals surface area contributed by atoms with Crippen molar-refractivity contribution < 1.29 is 18.7 Å². The molecule has 156 valence electrons. The molecule has 0 unspecified atom stereocenters. The molecule has 1 amide bonds. The maximum Gasteiger partial charge on any atom is 0.407 e. The van der Waals surface area contributed by atoms with Crippen LogP contribution in [-0.2, 0) is 4.74 Å². The maximum absolute atomic E-state index is 13.7. The topological polar surface area (TPSA) is 47.6 Å². The van der Waals surface area contributed by atoms with Crippen LogP contribution >= 0.6 is 0 Å². The van der Waals surface area contributed by atoms with Gasteiger partial charge in [-0.2, -0.15) is 0 Å². The van der Waals surface area contributed by atoms with E-state index in [0.29, 0.717) is 18.5 Å². The second-order valence-electron chi connectivity index (χ2n) is 7.15. The highest BCUT2D eigenvalue weighted by atomic mass is 19.1. The molecule has 5 heteroatoms. The number of nitrogens with one attached hydrogen (secondary N) is 1. The Morgan fingerprint density at radius 2 is 1.71 bits per heavy atom. The van der Waals surface area contributed by atoms with Crippen LogP contribution in [-0.4, -0.2) is 26.4 Å². The number of rotatable bonds is 5. The second-order valence-corrected chi connectivity index (χ2v) is 7.15. The summed E-state index contributed by atoms with van der Waals surface area (Å²) in [6.45, 7) is 0.624. The zero-order chi connectivity index (χ0) is 21.6. The molecule has 1 aliphatic carbocycles. The van der Waals surface area contributed by atoms with Gasteiger partial charge in [-0.05, 0) is 40.5 Å². The molecular formula is C26H22FNO3. The van der Waals surface area contributed by atoms with Crippen molar-refractivity contribution >= 4 is 6.09 Å². The van der Waals surface area contributed by atoms with Crippen LogP contribution in [0.1, 0.15) is 29.0 Å². The fourth-order valence-corrected chi connectivity index (χ4v) is 3.79. The van der Waals surface area contributed by atoms with Crippen molar-refractivity contribution in [3.8, 4) is 28.7 Å². The molecule has 0 radical (unpaired) electrons. The van der Waals surface area contributed by atoms with Crippen LogP contribution in [0.4, 0.5) is 9.18 Å². The number of carbonyl (C=O) groups is 1. The van der Waals surface area contributed by atoms with Gasteiger partial charge in [-0.15, -0.1) is 0 Å². The first kappa shape index (κ1) is 20.5. The van der Waals surface area contributed by atoms with Crippen LogP contribution in [0.2, 0.25) is 0 Å². The van der Waals surface area contributed by atoms with E-state index in [1.165, 1.54) is 41.5 Å². The number of amides is 1. The van der Waals surface area contributed by atoms with E-state index in [1.807, 2.05) is 24.3 Å². The Balaban J connectivity index is 1.28. The first-order chi connectivity index (χ1) is 15.2. The summed E-state index contributed by atoms with van der Waals surface area (Å²) in [5, 5.41) is 2.71. The fourth-order valence-electron chi connectivity index (χ4n) is 3.79. The quantitative estimate of drug-likeness (QED) is 0.465. The Morgan fingerprint density at radius 1 is 1.03 bits per heavy atom. The van der Waals surface area contributed by atoms with Crippen LogP contribution in [0.3, 0.4) is 0 Å². The number of alkyl carbamates (subject to hydrolysis) is 1. The number of carbonyl (C=O) groups excluding carboxylic acids is 1. The molecule has 0 aromatic heterocycles. The van der Waals surface area contributed by atoms with Crippen LogP contribution in [0.15, 0.2) is 66.7 Å². The van der Waals surface area contributed by atoms with Gasteiger partial charge in [-0.1, -0.05) is 60.4 Å². The normalized spacial score (nSPS) is 11.7. The van der Waals surface area contributed by atoms with Crippen LogP contribution in [0.25, 0.3) is 11.1 Å². The van der Waals surface area contributed by atoms with Gasteiger partial charge in [0.05, 0.1) is 7.11 Å². The molecule has 0 aliphatic heterocycles. The van der Waals surface area contributed by atoms with Gasteiger partial charge >= 0.3 is 6.09 Å². The van der Waals surface area contributed by atoms with Gasteiger partial charge < -0.3 is 14.8 Å². The van der Waals surface area contributed by atoms with Crippen molar-refractivity contribution in [2.45, 2.75) is 12.3 Å². The van der Waals surface area contributed by atoms with Gasteiger partial charge in [0.15, 0.2) is 11.6 Å². The van der Waals surface area contributed by atoms with Crippen LogP contribution < -0.4 is 10.1 Å². The number of halogens is 1. The maximum atomic E-state index is 13.7. The molecule has 0 saturated heterocycles. The first-order valence-electron chi connectivity index (χ1n) is 10.1. The average Bonchev–Trinajstić information content (AvgIpc) is 3.11. The summed E-state index contributed by atoms with van der Waals surface area (Å²) in [4.78, 5) is 12.1. The number of hydrogen-bond acceptors (Lipinski definition) is 3. The highest BCUT2D eigenvalue weighted by molar-refractivity contribution is 5.79. The standard InChI is InChI=1S/C26H22FNO3/c1-30-25-14-13-18(16-24(25)27)8-6-7-15-28-26(29)31-17-23-21-11-4-2-9-19(21)20-10-3-5-12-22(20)23/h2-5,9-14,16,23H,7,15,17H2,1H3,(H,28,29). The van der Waals surface area contributed by atoms with Crippen LogP contribution in [0, 0.1) is 17.7 Å². The molecule has 4 rings (SSSR count). The smallest absolute Gasteiger partial charge is 0.407 e. The molecule has 0 spiro atoms. The largest absolute Gasteiger partial charge is 0.494 e. The summed E-state index contributed by atoms with van der Waals surface area (Å²) in [7, 11) is 1.42. The number of ether oxygens (including phenoxy) is 2. The minimum Gasteiger partial charge on any atom is -0.494 e. The lowest BCUT2D eigenvalue weighted by atomic mass is 9.98. The van der Waals surface area contributed by atoms with E-state index in [1.54, 1.807) is 6.07 Å². The van der Waals surface area contributed by atoms with Crippen LogP contribution in [0.5, 0.6) is 5.75 Å². The summed E-state index contributed by atoms with van der Waals surface area (Å²) in [6, 6.07) is 21.0. The van der Waals surface area contributed by atoms with Crippen molar-refractivity contribution in [2.24, 2.45) is 0 Å². The lowest BCUT2D eigenvalue weighted by Crippen LogP contribution is -2.26. The third-order valence-electron chi connectivity index (χ3n) is 5.25. The Morgan fingerprint density at radius 3 is 2.35 bits per heavy atom. The summed E-state index contributed by atoms with van der Waals surface area (Å²) in [5.74, 6) is 5.55. The number of hydrogen-bond donors (Lipinski definition) is 1. The van der Waals surface area contributed by atoms with Crippen molar-refractivity contribution in [3.63, 3.8) is 0 Å². The Kier molecular flexibility index (Phi) is 6.18. The number of methoxy groups -OCH3 is 1. The molecule has 0 atom stereocenters. The van der Waals surface area contributed by atoms with Gasteiger partial charge in [-0.3, -0.25) is 0 Å². The van der Waals surface area contributed by atoms with E-state index in [9.17, 15) is 9.18 Å². The third-order valence-corrected chi connectivity index (χ3v) is 5.25. The van der Waals surface area contributed by atoms with Gasteiger partial charge in [0.1, 0.15) is 6.61 Å². The van der Waals surface area contributed by atoms with E-state index in [0.717, 1.165) is 0 Å². The molecular weight excluding hydrogens is 393 g/mol. The SMILES string of the molecule is COc1ccc(C#CCCNC(=O)OCC2c3ccccc3-c3ccccc32)cc1F. The van der Waals surface area contributed by atoms with Gasteiger partial charge in [0, 0.05) is 24.4 Å². The summed E-state index contributed by atoms with van der Waals surface area (Å²) in [5.41, 5.74) is 5.29. The Hall–Kier alpha value is -3.78. The third kappa shape index (κ3) is 4.54. The van der Waals surface area contributed by atoms with E-state index in [2.05, 4.69) is 41.4 Å². The molecule has 3 aromatic rings. The summed E-state index contributed by atoms with van der Waals surface area (Å²) >= 11 is 0. The van der Waals surface area contributed by atoms with Crippen molar-refractivity contribution in [2.75, 3.05) is 20.3 Å². The van der Waals surface area contributed by atoms with Gasteiger partial charge in [0.25, 0.3) is 0 Å². The lowest BCUT2D eigenvalue weighted by Gasteiger charge is -2.14. The van der Waals surface area contributed by atoms with E-state index in [4.69, 9.17) is 9.47 Å².